The maximum atomic E-state index is 10.1. The van der Waals surface area contributed by atoms with Crippen LogP contribution >= 0.6 is 11.8 Å². The molecule has 0 aromatic heterocycles. The van der Waals surface area contributed by atoms with Crippen molar-refractivity contribution in [3.63, 3.8) is 0 Å². The van der Waals surface area contributed by atoms with Crippen LogP contribution in [0.4, 0.5) is 0 Å². The van der Waals surface area contributed by atoms with E-state index in [1.807, 2.05) is 31.2 Å². The number of carbonyl (C=O) groups excluding carboxylic acids is 1. The van der Waals surface area contributed by atoms with Gasteiger partial charge in [-0.1, -0.05) is 17.7 Å². The molecule has 0 fully saturated rings. The van der Waals surface area contributed by atoms with Crippen molar-refractivity contribution >= 4 is 17.7 Å². The van der Waals surface area contributed by atoms with E-state index in [2.05, 4.69) is 0 Å². The summed E-state index contributed by atoms with van der Waals surface area (Å²) >= 11 is 1.28. The SMILES string of the molecule is Cc1ccc(SCC(=O)[O-])cc1.[Na+]. The molecular weight excluding hydrogens is 195 g/mol. The van der Waals surface area contributed by atoms with E-state index in [1.165, 1.54) is 17.3 Å². The number of aliphatic carboxylic acids is 1. The van der Waals surface area contributed by atoms with Gasteiger partial charge in [0, 0.05) is 10.6 Å². The quantitative estimate of drug-likeness (QED) is 0.416. The Morgan fingerprint density at radius 2 is 1.92 bits per heavy atom. The third-order valence-corrected chi connectivity index (χ3v) is 2.36. The van der Waals surface area contributed by atoms with Crippen LogP contribution in [-0.2, 0) is 4.79 Å². The zero-order valence-corrected chi connectivity index (χ0v) is 10.6. The smallest absolute Gasteiger partial charge is 0.549 e. The van der Waals surface area contributed by atoms with Crippen molar-refractivity contribution in [2.45, 2.75) is 11.8 Å². The van der Waals surface area contributed by atoms with E-state index in [1.54, 1.807) is 0 Å². The van der Waals surface area contributed by atoms with Gasteiger partial charge in [0.25, 0.3) is 0 Å². The first kappa shape index (κ1) is 13.0. The summed E-state index contributed by atoms with van der Waals surface area (Å²) in [4.78, 5) is 11.1. The Bertz CT molecular complexity index is 271. The van der Waals surface area contributed by atoms with Gasteiger partial charge in [0.1, 0.15) is 0 Å². The number of hydrogen-bond donors (Lipinski definition) is 0. The summed E-state index contributed by atoms with van der Waals surface area (Å²) in [6, 6.07) is 7.72. The molecule has 0 radical (unpaired) electrons. The predicted octanol–water partition coefficient (Wildman–Crippen LogP) is -2.16. The average molecular weight is 204 g/mol. The first-order valence-electron chi connectivity index (χ1n) is 3.58. The molecular formula is C9H9NaO2S. The molecule has 1 rings (SSSR count). The van der Waals surface area contributed by atoms with Gasteiger partial charge in [-0.2, -0.15) is 0 Å². The van der Waals surface area contributed by atoms with E-state index in [0.29, 0.717) is 0 Å². The third-order valence-electron chi connectivity index (χ3n) is 1.38. The monoisotopic (exact) mass is 204 g/mol. The number of rotatable bonds is 3. The van der Waals surface area contributed by atoms with Gasteiger partial charge in [0.15, 0.2) is 0 Å². The molecule has 0 saturated carbocycles. The Morgan fingerprint density at radius 3 is 2.38 bits per heavy atom. The number of thioether (sulfide) groups is 1. The third kappa shape index (κ3) is 5.37. The molecule has 4 heteroatoms. The minimum Gasteiger partial charge on any atom is -0.549 e. The molecule has 0 unspecified atom stereocenters. The molecule has 0 saturated heterocycles. The largest absolute Gasteiger partial charge is 1.00 e. The summed E-state index contributed by atoms with van der Waals surface area (Å²) in [6.45, 7) is 1.99. The molecule has 1 aromatic rings. The van der Waals surface area contributed by atoms with Crippen molar-refractivity contribution in [3.8, 4) is 0 Å². The van der Waals surface area contributed by atoms with Crippen molar-refractivity contribution in [1.29, 1.82) is 0 Å². The first-order chi connectivity index (χ1) is 5.68. The molecule has 0 bridgehead atoms. The molecule has 0 aliphatic rings. The number of aryl methyl sites for hydroxylation is 1. The maximum Gasteiger partial charge on any atom is 1.00 e. The zero-order valence-electron chi connectivity index (χ0n) is 7.74. The Hall–Kier alpha value is 0.0400. The number of carboxylic acids is 1. The van der Waals surface area contributed by atoms with Gasteiger partial charge >= 0.3 is 29.6 Å². The normalized spacial score (nSPS) is 9.00. The molecule has 1 aromatic carbocycles. The fraction of sp³-hybridized carbons (Fsp3) is 0.222. The van der Waals surface area contributed by atoms with Gasteiger partial charge in [-0.15, -0.1) is 11.8 Å². The standard InChI is InChI=1S/C9H10O2S.Na/c1-7-2-4-8(5-3-7)12-6-9(10)11;/h2-5H,6H2,1H3,(H,10,11);/q;+1/p-1. The molecule has 0 aliphatic heterocycles. The number of benzene rings is 1. The van der Waals surface area contributed by atoms with Crippen molar-refractivity contribution in [2.75, 3.05) is 5.75 Å². The summed E-state index contributed by atoms with van der Waals surface area (Å²) in [7, 11) is 0. The molecule has 2 nitrogen and oxygen atoms in total. The summed E-state index contributed by atoms with van der Waals surface area (Å²) in [5.41, 5.74) is 1.17. The van der Waals surface area contributed by atoms with Crippen LogP contribution in [0.25, 0.3) is 0 Å². The van der Waals surface area contributed by atoms with E-state index in [4.69, 9.17) is 0 Å². The Morgan fingerprint density at radius 1 is 1.38 bits per heavy atom. The van der Waals surface area contributed by atoms with E-state index >= 15 is 0 Å². The molecule has 64 valence electrons. The Labute approximate surface area is 104 Å². The fourth-order valence-corrected chi connectivity index (χ4v) is 1.39. The number of hydrogen-bond acceptors (Lipinski definition) is 3. The molecule has 0 spiro atoms. The predicted molar refractivity (Wildman–Crippen MR) is 46.9 cm³/mol. The van der Waals surface area contributed by atoms with Gasteiger partial charge in [0.05, 0.1) is 5.97 Å². The second kappa shape index (κ2) is 6.49. The Balaban J connectivity index is 0.00000144. The van der Waals surface area contributed by atoms with Crippen LogP contribution in [0.5, 0.6) is 0 Å². The van der Waals surface area contributed by atoms with Crippen molar-refractivity contribution in [2.24, 2.45) is 0 Å². The summed E-state index contributed by atoms with van der Waals surface area (Å²) < 4.78 is 0. The molecule has 0 amide bonds. The van der Waals surface area contributed by atoms with Gasteiger partial charge in [-0.25, -0.2) is 0 Å². The summed E-state index contributed by atoms with van der Waals surface area (Å²) in [5, 5.41) is 10.1. The minimum absolute atomic E-state index is 0. The Kier molecular flexibility index (Phi) is 6.51. The molecule has 0 aliphatic carbocycles. The van der Waals surface area contributed by atoms with Crippen LogP contribution in [0.1, 0.15) is 5.56 Å². The second-order valence-electron chi connectivity index (χ2n) is 2.47. The van der Waals surface area contributed by atoms with Gasteiger partial charge in [-0.3, -0.25) is 0 Å². The fourth-order valence-electron chi connectivity index (χ4n) is 0.777. The van der Waals surface area contributed by atoms with E-state index < -0.39 is 5.97 Å². The van der Waals surface area contributed by atoms with Gasteiger partial charge in [0.2, 0.25) is 0 Å². The van der Waals surface area contributed by atoms with Crippen LogP contribution in [0, 0.1) is 6.92 Å². The topological polar surface area (TPSA) is 40.1 Å². The van der Waals surface area contributed by atoms with Crippen molar-refractivity contribution in [1.82, 2.24) is 0 Å². The maximum absolute atomic E-state index is 10.1. The molecule has 0 heterocycles. The minimum atomic E-state index is -1.03. The molecule has 13 heavy (non-hydrogen) atoms. The second-order valence-corrected chi connectivity index (χ2v) is 3.52. The molecule has 0 atom stereocenters. The number of carboxylic acid groups (broad SMARTS) is 1. The van der Waals surface area contributed by atoms with Crippen molar-refractivity contribution in [3.05, 3.63) is 29.8 Å². The summed E-state index contributed by atoms with van der Waals surface area (Å²) in [5.74, 6) is -1.01. The van der Waals surface area contributed by atoms with Crippen LogP contribution in [0.15, 0.2) is 29.2 Å². The van der Waals surface area contributed by atoms with Crippen LogP contribution in [0.3, 0.4) is 0 Å². The first-order valence-corrected chi connectivity index (χ1v) is 4.56. The van der Waals surface area contributed by atoms with Crippen LogP contribution in [0.2, 0.25) is 0 Å². The van der Waals surface area contributed by atoms with Gasteiger partial charge in [-0.05, 0) is 19.1 Å². The zero-order chi connectivity index (χ0) is 8.97. The number of carbonyl (C=O) groups is 1. The summed E-state index contributed by atoms with van der Waals surface area (Å²) in [6.07, 6.45) is 0. The van der Waals surface area contributed by atoms with Crippen LogP contribution < -0.4 is 34.7 Å². The van der Waals surface area contributed by atoms with E-state index in [-0.39, 0.29) is 35.3 Å². The van der Waals surface area contributed by atoms with E-state index in [0.717, 1.165) is 4.90 Å². The van der Waals surface area contributed by atoms with Crippen molar-refractivity contribution < 1.29 is 39.5 Å². The van der Waals surface area contributed by atoms with Gasteiger partial charge < -0.3 is 9.90 Å². The molecule has 0 N–H and O–H groups in total. The van der Waals surface area contributed by atoms with Crippen LogP contribution in [-0.4, -0.2) is 11.7 Å². The average Bonchev–Trinajstić information content (AvgIpc) is 2.03. The van der Waals surface area contributed by atoms with E-state index in [9.17, 15) is 9.90 Å².